The Balaban J connectivity index is 1.71. The van der Waals surface area contributed by atoms with E-state index < -0.39 is 68.0 Å². The van der Waals surface area contributed by atoms with E-state index in [1.807, 2.05) is 6.07 Å². The third-order valence-corrected chi connectivity index (χ3v) is 5.38. The van der Waals surface area contributed by atoms with Gasteiger partial charge in [0.25, 0.3) is 0 Å². The van der Waals surface area contributed by atoms with Crippen molar-refractivity contribution in [1.82, 2.24) is 0 Å². The summed E-state index contributed by atoms with van der Waals surface area (Å²) in [6, 6.07) is 8.62. The molecule has 0 aromatic heterocycles. The molecule has 1 aromatic rings. The minimum atomic E-state index is -1.69. The van der Waals surface area contributed by atoms with Crippen LogP contribution in [-0.2, 0) is 20.6 Å². The monoisotopic (exact) mass is 441 g/mol. The summed E-state index contributed by atoms with van der Waals surface area (Å²) in [4.78, 5) is 0. The van der Waals surface area contributed by atoms with Crippen molar-refractivity contribution in [3.8, 4) is 11.8 Å². The van der Waals surface area contributed by atoms with Crippen LogP contribution in [0.3, 0.4) is 0 Å². The van der Waals surface area contributed by atoms with E-state index in [1.54, 1.807) is 24.3 Å². The number of hydrogen-bond acceptors (Lipinski definition) is 11. The summed E-state index contributed by atoms with van der Waals surface area (Å²) < 4.78 is 22.1. The van der Waals surface area contributed by atoms with Crippen molar-refractivity contribution in [2.45, 2.75) is 74.8 Å². The Morgan fingerprint density at radius 3 is 2.19 bits per heavy atom. The van der Waals surface area contributed by atoms with Gasteiger partial charge in [-0.25, -0.2) is 0 Å². The zero-order valence-corrected chi connectivity index (χ0v) is 16.8. The second kappa shape index (κ2) is 10.2. The zero-order chi connectivity index (χ0) is 22.7. The summed E-state index contributed by atoms with van der Waals surface area (Å²) in [6.45, 7) is 0.889. The second-order valence-corrected chi connectivity index (χ2v) is 7.59. The first kappa shape index (κ1) is 23.8. The summed E-state index contributed by atoms with van der Waals surface area (Å²) in [5.74, 6) is 0.348. The first-order valence-corrected chi connectivity index (χ1v) is 9.87. The molecule has 31 heavy (non-hydrogen) atoms. The lowest BCUT2D eigenvalue weighted by molar-refractivity contribution is -0.350. The number of aliphatic hydroxyl groups is 6. The van der Waals surface area contributed by atoms with Gasteiger partial charge in [-0.1, -0.05) is 12.1 Å². The molecule has 6 N–H and O–H groups in total. The molecule has 1 aromatic carbocycles. The van der Waals surface area contributed by atoms with E-state index in [4.69, 9.17) is 24.2 Å². The fourth-order valence-corrected chi connectivity index (χ4v) is 3.50. The minimum Gasteiger partial charge on any atom is -0.462 e. The molecular formula is C20H27NO10. The lowest BCUT2D eigenvalue weighted by atomic mass is 9.97. The lowest BCUT2D eigenvalue weighted by Crippen LogP contribution is -2.64. The van der Waals surface area contributed by atoms with Crippen LogP contribution in [0.15, 0.2) is 24.3 Å². The first-order chi connectivity index (χ1) is 14.8. The molecule has 11 heteroatoms. The Morgan fingerprint density at radius 1 is 0.903 bits per heavy atom. The number of ether oxygens (including phenoxy) is 4. The van der Waals surface area contributed by atoms with Crippen LogP contribution in [0.5, 0.6) is 5.75 Å². The number of benzene rings is 1. The van der Waals surface area contributed by atoms with Crippen molar-refractivity contribution in [3.05, 3.63) is 29.8 Å². The quantitative estimate of drug-likeness (QED) is 0.281. The molecule has 11 nitrogen and oxygen atoms in total. The molecule has 2 fully saturated rings. The maximum absolute atomic E-state index is 10.7. The van der Waals surface area contributed by atoms with E-state index in [0.717, 1.165) is 5.56 Å². The van der Waals surface area contributed by atoms with E-state index >= 15 is 0 Å². The lowest BCUT2D eigenvalue weighted by Gasteiger charge is -2.45. The number of nitrogens with zero attached hydrogens (tertiary/aromatic N) is 1. The summed E-state index contributed by atoms with van der Waals surface area (Å²) in [6.07, 6.45) is -13.7. The summed E-state index contributed by atoms with van der Waals surface area (Å²) in [5, 5.41) is 69.2. The van der Waals surface area contributed by atoms with Crippen LogP contribution < -0.4 is 4.74 Å². The van der Waals surface area contributed by atoms with E-state index in [0.29, 0.717) is 5.75 Å². The van der Waals surface area contributed by atoms with Crippen molar-refractivity contribution in [2.75, 3.05) is 6.61 Å². The molecule has 10 unspecified atom stereocenters. The first-order valence-electron chi connectivity index (χ1n) is 9.87. The van der Waals surface area contributed by atoms with Gasteiger partial charge in [0.05, 0.1) is 25.2 Å². The predicted octanol–water partition coefficient (Wildman–Crippen LogP) is -2.22. The Kier molecular flexibility index (Phi) is 7.82. The van der Waals surface area contributed by atoms with Gasteiger partial charge in [-0.2, -0.15) is 5.26 Å². The molecule has 0 amide bonds. The standard InChI is InChI=1S/C20H27NO10/c1-9-13(23)18(31-19-16(26)15(25)14(24)12(8-22)30-19)17(27)20(28-9)29-11-4-2-10(3-5-11)6-7-21/h2-5,9,12-20,22-27H,6,8H2,1H3. The Labute approximate surface area is 178 Å². The molecule has 2 heterocycles. The van der Waals surface area contributed by atoms with Crippen LogP contribution in [-0.4, -0.2) is 98.7 Å². The zero-order valence-electron chi connectivity index (χ0n) is 16.8. The van der Waals surface area contributed by atoms with E-state index in [9.17, 15) is 30.6 Å². The summed E-state index contributed by atoms with van der Waals surface area (Å²) in [7, 11) is 0. The molecule has 2 saturated heterocycles. The van der Waals surface area contributed by atoms with Crippen molar-refractivity contribution >= 4 is 0 Å². The van der Waals surface area contributed by atoms with Gasteiger partial charge >= 0.3 is 0 Å². The summed E-state index contributed by atoms with van der Waals surface area (Å²) in [5.41, 5.74) is 0.785. The number of hydrogen-bond donors (Lipinski definition) is 6. The minimum absolute atomic E-state index is 0.237. The highest BCUT2D eigenvalue weighted by Crippen LogP contribution is 2.30. The van der Waals surface area contributed by atoms with Crippen molar-refractivity contribution in [2.24, 2.45) is 0 Å². The van der Waals surface area contributed by atoms with Crippen molar-refractivity contribution < 1.29 is 49.6 Å². The van der Waals surface area contributed by atoms with E-state index in [2.05, 4.69) is 0 Å². The molecular weight excluding hydrogens is 414 g/mol. The Morgan fingerprint density at radius 2 is 1.58 bits per heavy atom. The third kappa shape index (κ3) is 5.15. The molecule has 0 radical (unpaired) electrons. The van der Waals surface area contributed by atoms with Crippen LogP contribution in [0, 0.1) is 11.3 Å². The van der Waals surface area contributed by atoms with Crippen LogP contribution in [0.2, 0.25) is 0 Å². The van der Waals surface area contributed by atoms with E-state index in [-0.39, 0.29) is 6.42 Å². The molecule has 2 aliphatic rings. The molecule has 10 atom stereocenters. The van der Waals surface area contributed by atoms with Gasteiger partial charge in [-0.15, -0.1) is 0 Å². The highest BCUT2D eigenvalue weighted by molar-refractivity contribution is 5.29. The van der Waals surface area contributed by atoms with Gasteiger partial charge in [-0.3, -0.25) is 0 Å². The Hall–Kier alpha value is -1.85. The van der Waals surface area contributed by atoms with Crippen molar-refractivity contribution in [3.63, 3.8) is 0 Å². The fraction of sp³-hybridized carbons (Fsp3) is 0.650. The normalized spacial score (nSPS) is 40.8. The average Bonchev–Trinajstić information content (AvgIpc) is 2.76. The molecule has 172 valence electrons. The predicted molar refractivity (Wildman–Crippen MR) is 101 cm³/mol. The highest BCUT2D eigenvalue weighted by atomic mass is 16.7. The van der Waals surface area contributed by atoms with Crippen LogP contribution in [0.1, 0.15) is 12.5 Å². The molecule has 3 rings (SSSR count). The van der Waals surface area contributed by atoms with Gasteiger partial charge in [-0.05, 0) is 24.6 Å². The van der Waals surface area contributed by atoms with Crippen LogP contribution in [0.25, 0.3) is 0 Å². The topological polar surface area (TPSA) is 182 Å². The molecule has 2 aliphatic heterocycles. The number of rotatable bonds is 6. The van der Waals surface area contributed by atoms with E-state index in [1.165, 1.54) is 6.92 Å². The maximum atomic E-state index is 10.7. The smallest absolute Gasteiger partial charge is 0.229 e. The number of nitriles is 1. The number of aliphatic hydroxyl groups excluding tert-OH is 6. The highest BCUT2D eigenvalue weighted by Gasteiger charge is 2.50. The second-order valence-electron chi connectivity index (χ2n) is 7.59. The van der Waals surface area contributed by atoms with Crippen molar-refractivity contribution in [1.29, 1.82) is 5.26 Å². The summed E-state index contributed by atoms with van der Waals surface area (Å²) >= 11 is 0. The third-order valence-electron chi connectivity index (χ3n) is 5.38. The molecule has 0 bridgehead atoms. The van der Waals surface area contributed by atoms with Gasteiger partial charge in [0.15, 0.2) is 6.29 Å². The fourth-order valence-electron chi connectivity index (χ4n) is 3.50. The molecule has 0 spiro atoms. The Bertz CT molecular complexity index is 753. The molecule has 0 saturated carbocycles. The molecule has 0 aliphatic carbocycles. The SMILES string of the molecule is CC1OC(Oc2ccc(CC#N)cc2)C(O)C(OC2OC(CO)C(O)C(O)C2O)C1O. The van der Waals surface area contributed by atoms with Gasteiger partial charge < -0.3 is 49.6 Å². The van der Waals surface area contributed by atoms with Gasteiger partial charge in [0.1, 0.15) is 48.5 Å². The van der Waals surface area contributed by atoms with Gasteiger partial charge in [0.2, 0.25) is 6.29 Å². The van der Waals surface area contributed by atoms with Crippen LogP contribution in [0.4, 0.5) is 0 Å². The van der Waals surface area contributed by atoms with Gasteiger partial charge in [0, 0.05) is 0 Å². The largest absolute Gasteiger partial charge is 0.462 e. The van der Waals surface area contributed by atoms with Crippen LogP contribution >= 0.6 is 0 Å². The average molecular weight is 441 g/mol. The maximum Gasteiger partial charge on any atom is 0.229 e.